The van der Waals surface area contributed by atoms with Crippen LogP contribution in [0.15, 0.2) is 40.9 Å². The predicted octanol–water partition coefficient (Wildman–Crippen LogP) is 5.09. The zero-order valence-corrected chi connectivity index (χ0v) is 13.0. The minimum atomic E-state index is -1.01. The molecule has 23 heavy (non-hydrogen) atoms. The fraction of sp³-hybridized carbons (Fsp3) is 0.0625. The molecule has 7 heteroatoms. The maximum Gasteiger partial charge on any atom is 0.173 e. The maximum atomic E-state index is 13.4. The second-order valence-corrected chi connectivity index (χ2v) is 5.66. The maximum absolute atomic E-state index is 13.4. The number of hydrogen-bond donors (Lipinski definition) is 1. The van der Waals surface area contributed by atoms with Crippen molar-refractivity contribution >= 4 is 23.2 Å². The summed E-state index contributed by atoms with van der Waals surface area (Å²) in [4.78, 5) is 0. The number of rotatable bonds is 3. The van der Waals surface area contributed by atoms with Crippen LogP contribution in [-0.4, -0.2) is 10.3 Å². The molecule has 0 radical (unpaired) electrons. The van der Waals surface area contributed by atoms with Crippen LogP contribution in [0.2, 0.25) is 10.0 Å². The summed E-state index contributed by atoms with van der Waals surface area (Å²) < 4.78 is 31.7. The number of benzene rings is 2. The van der Waals surface area contributed by atoms with E-state index in [9.17, 15) is 13.9 Å². The SMILES string of the molecule is OCc1c(-c2ccc(F)c(F)c2)noc1-c1cc(Cl)cc(Cl)c1. The Balaban J connectivity index is 2.14. The minimum Gasteiger partial charge on any atom is -0.391 e. The Kier molecular flexibility index (Phi) is 4.35. The van der Waals surface area contributed by atoms with Gasteiger partial charge in [0.05, 0.1) is 12.2 Å². The summed E-state index contributed by atoms with van der Waals surface area (Å²) in [6, 6.07) is 8.07. The van der Waals surface area contributed by atoms with Crippen LogP contribution in [0.4, 0.5) is 8.78 Å². The van der Waals surface area contributed by atoms with E-state index in [0.29, 0.717) is 21.2 Å². The van der Waals surface area contributed by atoms with E-state index in [2.05, 4.69) is 5.16 Å². The molecule has 0 saturated heterocycles. The smallest absolute Gasteiger partial charge is 0.173 e. The van der Waals surface area contributed by atoms with E-state index in [1.807, 2.05) is 0 Å². The predicted molar refractivity (Wildman–Crippen MR) is 83.2 cm³/mol. The molecule has 0 aliphatic carbocycles. The quantitative estimate of drug-likeness (QED) is 0.711. The third-order valence-electron chi connectivity index (χ3n) is 3.26. The van der Waals surface area contributed by atoms with Crippen molar-refractivity contribution in [2.45, 2.75) is 6.61 Å². The lowest BCUT2D eigenvalue weighted by molar-refractivity contribution is 0.281. The molecule has 2 aromatic carbocycles. The molecule has 0 saturated carbocycles. The molecule has 3 rings (SSSR count). The first-order valence-electron chi connectivity index (χ1n) is 6.51. The summed E-state index contributed by atoms with van der Waals surface area (Å²) >= 11 is 11.9. The van der Waals surface area contributed by atoms with Gasteiger partial charge in [-0.05, 0) is 36.4 Å². The zero-order valence-electron chi connectivity index (χ0n) is 11.5. The fourth-order valence-corrected chi connectivity index (χ4v) is 2.76. The minimum absolute atomic E-state index is 0.220. The number of aromatic nitrogens is 1. The van der Waals surface area contributed by atoms with Crippen molar-refractivity contribution in [2.24, 2.45) is 0 Å². The summed E-state index contributed by atoms with van der Waals surface area (Å²) in [7, 11) is 0. The standard InChI is InChI=1S/C16H9Cl2F2NO2/c17-10-3-9(4-11(18)6-10)16-12(7-22)15(21-23-16)8-1-2-13(19)14(20)5-8/h1-6,22H,7H2. The molecule has 0 amide bonds. The van der Waals surface area contributed by atoms with Crippen molar-refractivity contribution < 1.29 is 18.4 Å². The van der Waals surface area contributed by atoms with Gasteiger partial charge in [0.25, 0.3) is 0 Å². The Labute approximate surface area is 140 Å². The van der Waals surface area contributed by atoms with E-state index in [0.717, 1.165) is 12.1 Å². The number of halogens is 4. The van der Waals surface area contributed by atoms with Crippen molar-refractivity contribution in [3.63, 3.8) is 0 Å². The van der Waals surface area contributed by atoms with Gasteiger partial charge in [-0.3, -0.25) is 0 Å². The molecule has 1 N–H and O–H groups in total. The van der Waals surface area contributed by atoms with Gasteiger partial charge in [0, 0.05) is 21.2 Å². The highest BCUT2D eigenvalue weighted by Gasteiger charge is 2.20. The third kappa shape index (κ3) is 3.08. The van der Waals surface area contributed by atoms with E-state index in [4.69, 9.17) is 27.7 Å². The fourth-order valence-electron chi connectivity index (χ4n) is 2.24. The van der Waals surface area contributed by atoms with E-state index < -0.39 is 18.2 Å². The van der Waals surface area contributed by atoms with Crippen molar-refractivity contribution in [3.8, 4) is 22.6 Å². The lowest BCUT2D eigenvalue weighted by Crippen LogP contribution is -1.91. The molecule has 3 nitrogen and oxygen atoms in total. The van der Waals surface area contributed by atoms with Gasteiger partial charge in [0.1, 0.15) is 5.69 Å². The van der Waals surface area contributed by atoms with E-state index in [1.165, 1.54) is 6.07 Å². The number of aliphatic hydroxyl groups excluding tert-OH is 1. The van der Waals surface area contributed by atoms with Gasteiger partial charge in [0.2, 0.25) is 0 Å². The Hall–Kier alpha value is -1.95. The van der Waals surface area contributed by atoms with Gasteiger partial charge in [0.15, 0.2) is 17.4 Å². The van der Waals surface area contributed by atoms with Gasteiger partial charge >= 0.3 is 0 Å². The highest BCUT2D eigenvalue weighted by molar-refractivity contribution is 6.35. The number of hydrogen-bond acceptors (Lipinski definition) is 3. The molecule has 0 aliphatic rings. The van der Waals surface area contributed by atoms with Crippen molar-refractivity contribution in [2.75, 3.05) is 0 Å². The molecule has 0 fully saturated rings. The highest BCUT2D eigenvalue weighted by atomic mass is 35.5. The van der Waals surface area contributed by atoms with E-state index in [1.54, 1.807) is 18.2 Å². The summed E-state index contributed by atoms with van der Waals surface area (Å²) in [6.07, 6.45) is 0. The number of aliphatic hydroxyl groups is 1. The second kappa shape index (κ2) is 6.28. The molecule has 0 spiro atoms. The lowest BCUT2D eigenvalue weighted by atomic mass is 10.0. The van der Waals surface area contributed by atoms with Crippen LogP contribution in [0.5, 0.6) is 0 Å². The van der Waals surface area contributed by atoms with E-state index in [-0.39, 0.29) is 17.0 Å². The average Bonchev–Trinajstić information content (AvgIpc) is 2.93. The van der Waals surface area contributed by atoms with Crippen LogP contribution in [0.25, 0.3) is 22.6 Å². The summed E-state index contributed by atoms with van der Waals surface area (Å²) in [6.45, 7) is -0.405. The highest BCUT2D eigenvalue weighted by Crippen LogP contribution is 2.35. The van der Waals surface area contributed by atoms with Crippen LogP contribution >= 0.6 is 23.2 Å². The van der Waals surface area contributed by atoms with Crippen molar-refractivity contribution in [1.29, 1.82) is 0 Å². The molecule has 3 aromatic rings. The van der Waals surface area contributed by atoms with Gasteiger partial charge in [-0.25, -0.2) is 8.78 Å². The van der Waals surface area contributed by atoms with Crippen molar-refractivity contribution in [1.82, 2.24) is 5.16 Å². The Bertz CT molecular complexity index is 860. The first-order valence-corrected chi connectivity index (χ1v) is 7.26. The lowest BCUT2D eigenvalue weighted by Gasteiger charge is -2.03. The third-order valence-corrected chi connectivity index (χ3v) is 3.70. The molecule has 0 atom stereocenters. The largest absolute Gasteiger partial charge is 0.391 e. The van der Waals surface area contributed by atoms with Crippen LogP contribution in [0.1, 0.15) is 5.56 Å². The van der Waals surface area contributed by atoms with Gasteiger partial charge in [-0.15, -0.1) is 0 Å². The molecular formula is C16H9Cl2F2NO2. The first-order chi connectivity index (χ1) is 11.0. The van der Waals surface area contributed by atoms with Gasteiger partial charge in [-0.1, -0.05) is 28.4 Å². The summed E-state index contributed by atoms with van der Waals surface area (Å²) in [5, 5.41) is 14.3. The molecule has 1 aromatic heterocycles. The number of nitrogens with zero attached hydrogens (tertiary/aromatic N) is 1. The molecule has 118 valence electrons. The van der Waals surface area contributed by atoms with Crippen LogP contribution in [-0.2, 0) is 6.61 Å². The van der Waals surface area contributed by atoms with Crippen LogP contribution < -0.4 is 0 Å². The topological polar surface area (TPSA) is 46.3 Å². The second-order valence-electron chi connectivity index (χ2n) is 4.78. The normalized spacial score (nSPS) is 11.0. The Morgan fingerprint density at radius 1 is 0.957 bits per heavy atom. The van der Waals surface area contributed by atoms with Gasteiger partial charge < -0.3 is 9.63 Å². The first kappa shape index (κ1) is 15.9. The molecular weight excluding hydrogens is 347 g/mol. The summed E-state index contributed by atoms with van der Waals surface area (Å²) in [5.41, 5.74) is 1.36. The van der Waals surface area contributed by atoms with E-state index >= 15 is 0 Å². The average molecular weight is 356 g/mol. The monoisotopic (exact) mass is 355 g/mol. The molecule has 0 bridgehead atoms. The molecule has 1 heterocycles. The zero-order chi connectivity index (χ0) is 16.6. The Morgan fingerprint density at radius 2 is 1.65 bits per heavy atom. The van der Waals surface area contributed by atoms with Crippen LogP contribution in [0, 0.1) is 11.6 Å². The van der Waals surface area contributed by atoms with Gasteiger partial charge in [-0.2, -0.15) is 0 Å². The Morgan fingerprint density at radius 3 is 2.26 bits per heavy atom. The molecule has 0 aliphatic heterocycles. The summed E-state index contributed by atoms with van der Waals surface area (Å²) in [5.74, 6) is -1.72. The van der Waals surface area contributed by atoms with Crippen LogP contribution in [0.3, 0.4) is 0 Å². The van der Waals surface area contributed by atoms with Crippen molar-refractivity contribution in [3.05, 3.63) is 63.6 Å². The molecule has 0 unspecified atom stereocenters.